The first-order valence-electron chi connectivity index (χ1n) is 45.2. The van der Waals surface area contributed by atoms with Crippen LogP contribution in [0.15, 0.2) is 486 Å². The molecule has 0 N–H and O–H groups in total. The summed E-state index contributed by atoms with van der Waals surface area (Å²) in [5.74, 6) is 0. The predicted molar refractivity (Wildman–Crippen MR) is 554 cm³/mol. The number of benzene rings is 18. The van der Waals surface area contributed by atoms with Crippen molar-refractivity contribution in [3.8, 4) is 101 Å². The highest BCUT2D eigenvalue weighted by Crippen LogP contribution is 2.43. The molecule has 0 bridgehead atoms. The van der Waals surface area contributed by atoms with Crippen molar-refractivity contribution < 1.29 is 0 Å². The Bertz CT molecular complexity index is 8940. The highest BCUT2D eigenvalue weighted by Gasteiger charge is 2.22. The summed E-state index contributed by atoms with van der Waals surface area (Å²) in [7, 11) is 0. The molecule has 133 heavy (non-hydrogen) atoms. The van der Waals surface area contributed by atoms with Crippen molar-refractivity contribution in [1.82, 2.24) is 47.1 Å². The largest absolute Gasteiger partial charge is 0.309 e. The van der Waals surface area contributed by atoms with Gasteiger partial charge in [-0.15, -0.1) is 0 Å². The van der Waals surface area contributed by atoms with Gasteiger partial charge < -0.3 is 18.3 Å². The van der Waals surface area contributed by atoms with Crippen LogP contribution in [-0.4, -0.2) is 47.1 Å². The van der Waals surface area contributed by atoms with Crippen molar-refractivity contribution in [1.29, 1.82) is 0 Å². The Hall–Kier alpha value is -18.0. The maximum absolute atomic E-state index is 4.96. The van der Waals surface area contributed by atoms with E-state index in [4.69, 9.17) is 10.2 Å². The Morgan fingerprint density at radius 3 is 0.835 bits per heavy atom. The fourth-order valence-electron chi connectivity index (χ4n) is 20.3. The molecule has 622 valence electrons. The lowest BCUT2D eigenvalue weighted by Crippen LogP contribution is -2.00. The summed E-state index contributed by atoms with van der Waals surface area (Å²) in [5.41, 5.74) is 33.5. The van der Waals surface area contributed by atoms with Gasteiger partial charge in [-0.05, 0) is 200 Å². The summed E-state index contributed by atoms with van der Waals surface area (Å²) in [6.45, 7) is 0. The number of nitrogens with zero attached hydrogens (tertiary/aromatic N) is 10. The van der Waals surface area contributed by atoms with Crippen LogP contribution in [0.3, 0.4) is 0 Å². The van der Waals surface area contributed by atoms with Crippen molar-refractivity contribution in [2.75, 3.05) is 0 Å². The molecule has 0 radical (unpaired) electrons. The molecule has 10 heterocycles. The Morgan fingerprint density at radius 1 is 0.158 bits per heavy atom. The smallest absolute Gasteiger partial charge is 0.0933 e. The molecular formula is C123H80N10. The Morgan fingerprint density at radius 2 is 0.444 bits per heavy atom. The average Bonchev–Trinajstić information content (AvgIpc) is 1.26. The molecule has 0 spiro atoms. The Balaban J connectivity index is 0.000000105. The van der Waals surface area contributed by atoms with Gasteiger partial charge in [0.25, 0.3) is 0 Å². The van der Waals surface area contributed by atoms with Gasteiger partial charge in [-0.1, -0.05) is 328 Å². The van der Waals surface area contributed by atoms with E-state index in [9.17, 15) is 0 Å². The van der Waals surface area contributed by atoms with Crippen LogP contribution in [0.1, 0.15) is 0 Å². The maximum atomic E-state index is 4.96. The molecule has 0 saturated carbocycles. The fraction of sp³-hybridized carbons (Fsp3) is 0. The zero-order chi connectivity index (χ0) is 87.6. The molecule has 10 aromatic heterocycles. The van der Waals surface area contributed by atoms with E-state index in [0.29, 0.717) is 0 Å². The molecule has 0 aliphatic heterocycles. The summed E-state index contributed by atoms with van der Waals surface area (Å²) < 4.78 is 15.5. The molecule has 18 aromatic carbocycles. The van der Waals surface area contributed by atoms with E-state index in [1.807, 2.05) is 19.7 Å². The molecule has 10 nitrogen and oxygen atoms in total. The second-order valence-corrected chi connectivity index (χ2v) is 34.5. The number of hydrogen-bond donors (Lipinski definition) is 0. The van der Waals surface area contributed by atoms with Gasteiger partial charge in [0.05, 0.1) is 78.3 Å². The second kappa shape index (κ2) is 31.5. The van der Waals surface area contributed by atoms with Crippen LogP contribution in [-0.2, 0) is 0 Å². The van der Waals surface area contributed by atoms with Gasteiger partial charge in [0.1, 0.15) is 0 Å². The van der Waals surface area contributed by atoms with Gasteiger partial charge in [-0.2, -0.15) is 15.3 Å². The maximum Gasteiger partial charge on any atom is 0.0933 e. The van der Waals surface area contributed by atoms with E-state index in [1.165, 1.54) is 159 Å². The molecule has 10 heteroatoms. The monoisotopic (exact) mass is 1700 g/mol. The van der Waals surface area contributed by atoms with Crippen LogP contribution < -0.4 is 0 Å². The van der Waals surface area contributed by atoms with Crippen LogP contribution in [0.2, 0.25) is 0 Å². The van der Waals surface area contributed by atoms with Crippen molar-refractivity contribution >= 4 is 136 Å². The predicted octanol–water partition coefficient (Wildman–Crippen LogP) is 31.5. The van der Waals surface area contributed by atoms with Crippen molar-refractivity contribution in [3.63, 3.8) is 0 Å². The first-order chi connectivity index (χ1) is 65.9. The number of rotatable bonds is 11. The van der Waals surface area contributed by atoms with Gasteiger partial charge in [0.15, 0.2) is 0 Å². The minimum atomic E-state index is 0.960. The normalized spacial score (nSPS) is 11.8. The van der Waals surface area contributed by atoms with Crippen LogP contribution >= 0.6 is 0 Å². The lowest BCUT2D eigenvalue weighted by Gasteiger charge is -2.16. The summed E-state index contributed by atoms with van der Waals surface area (Å²) in [4.78, 5) is 0. The standard InChI is InChI=1S/C47H30N4.C41H27N3.C35H23N3/c1-2-12-34-30-49-36(25-33(34)11-1)29-43(48-49)32-23-21-31(22-24-32)35-26-37(50-44-17-7-3-13-39(44)40-14-4-8-18-45(40)50)28-38(27-35)51-46-19-9-5-15-41(46)42-16-6-10-20-47(42)51;1-3-9-28(10-4-1)32-17-21-39-36(23-32)37-24-33(29-11-5-2-6-12-29)18-22-40(37)44(39)35-19-15-30(16-20-35)38-26-42-43-27-34-14-8-7-13-31(34)25-41(38)43;1-2-8-28-23-37-30(21-27(28)7-1)22-33(36-37)26-15-13-24(14-16-26)25-17-19-29(20-18-25)38-34-11-5-3-9-31(34)32-10-4-6-12-35(32)38/h1-30H;1-27H;1-23H. The SMILES string of the molecule is c1ccc(-c2ccc3c(c2)c2cc(-c4ccccc4)ccc2n3-c2ccc(-c3cnn4cc5ccccc5cc34)cc2)cc1.c1ccc2cn3nc(-c4ccc(-c5cc(-n6c7ccccc7c7ccccc76)cc(-n6c7ccccc7c7ccccc76)c5)cc4)cc3cc2c1.c1ccc2cn3nc(-c4ccc(-c5ccc(-n6c7ccccc7c7ccccc76)cc5)cc4)cc3cc2c1. The quantitative estimate of drug-likeness (QED) is 0.130. The third-order valence-corrected chi connectivity index (χ3v) is 26.8. The molecular weight excluding hydrogens is 1620 g/mol. The minimum Gasteiger partial charge on any atom is -0.309 e. The van der Waals surface area contributed by atoms with Gasteiger partial charge in [-0.3, -0.25) is 0 Å². The summed E-state index contributed by atoms with van der Waals surface area (Å²) >= 11 is 0. The van der Waals surface area contributed by atoms with E-state index in [0.717, 1.165) is 78.4 Å². The first-order valence-corrected chi connectivity index (χ1v) is 45.2. The number of aromatic nitrogens is 10. The number of para-hydroxylation sites is 6. The lowest BCUT2D eigenvalue weighted by molar-refractivity contribution is 0.970. The molecule has 0 atom stereocenters. The molecule has 28 rings (SSSR count). The molecule has 28 aromatic rings. The van der Waals surface area contributed by atoms with Gasteiger partial charge in [-0.25, -0.2) is 13.5 Å². The Labute approximate surface area is 764 Å². The Kier molecular flexibility index (Phi) is 18.1. The molecule has 0 fully saturated rings. The van der Waals surface area contributed by atoms with E-state index in [2.05, 4.69) is 503 Å². The summed E-state index contributed by atoms with van der Waals surface area (Å²) in [6, 6.07) is 166. The average molecular weight is 1700 g/mol. The highest BCUT2D eigenvalue weighted by atomic mass is 15.2. The summed E-state index contributed by atoms with van der Waals surface area (Å²) in [5, 5.41) is 31.7. The molecule has 0 aliphatic carbocycles. The number of fused-ring (bicyclic) bond motifs is 18. The molecule has 0 saturated heterocycles. The zero-order valence-electron chi connectivity index (χ0n) is 72.2. The fourth-order valence-corrected chi connectivity index (χ4v) is 20.3. The van der Waals surface area contributed by atoms with Crippen molar-refractivity contribution in [3.05, 3.63) is 486 Å². The lowest BCUT2D eigenvalue weighted by atomic mass is 10.0. The number of pyridine rings is 3. The van der Waals surface area contributed by atoms with Crippen LogP contribution in [0.5, 0.6) is 0 Å². The third-order valence-electron chi connectivity index (χ3n) is 26.8. The third kappa shape index (κ3) is 13.3. The van der Waals surface area contributed by atoms with Crippen molar-refractivity contribution in [2.24, 2.45) is 0 Å². The van der Waals surface area contributed by atoms with Crippen LogP contribution in [0.4, 0.5) is 0 Å². The van der Waals surface area contributed by atoms with Crippen molar-refractivity contribution in [2.45, 2.75) is 0 Å². The second-order valence-electron chi connectivity index (χ2n) is 34.5. The van der Waals surface area contributed by atoms with Crippen LogP contribution in [0, 0.1) is 0 Å². The van der Waals surface area contributed by atoms with Gasteiger partial charge in [0.2, 0.25) is 0 Å². The van der Waals surface area contributed by atoms with E-state index >= 15 is 0 Å². The summed E-state index contributed by atoms with van der Waals surface area (Å²) in [6.07, 6.45) is 8.29. The first kappa shape index (κ1) is 76.3. The van der Waals surface area contributed by atoms with Crippen LogP contribution in [0.25, 0.3) is 237 Å². The van der Waals surface area contributed by atoms with E-state index in [-0.39, 0.29) is 0 Å². The molecule has 0 aliphatic rings. The molecule has 0 unspecified atom stereocenters. The number of hydrogen-bond acceptors (Lipinski definition) is 3. The zero-order valence-corrected chi connectivity index (χ0v) is 72.2. The van der Waals surface area contributed by atoms with E-state index in [1.54, 1.807) is 0 Å². The van der Waals surface area contributed by atoms with E-state index < -0.39 is 0 Å². The van der Waals surface area contributed by atoms with Gasteiger partial charge >= 0.3 is 0 Å². The minimum absolute atomic E-state index is 0.960. The topological polar surface area (TPSA) is 71.6 Å². The van der Waals surface area contributed by atoms with Gasteiger partial charge in [0, 0.05) is 117 Å². The highest BCUT2D eigenvalue weighted by molar-refractivity contribution is 6.14. The molecule has 0 amide bonds.